The maximum absolute atomic E-state index is 12.8. The lowest BCUT2D eigenvalue weighted by molar-refractivity contribution is -0.118. The van der Waals surface area contributed by atoms with E-state index < -0.39 is 16.6 Å². The lowest BCUT2D eigenvalue weighted by Gasteiger charge is -2.06. The van der Waals surface area contributed by atoms with Crippen LogP contribution in [0, 0.1) is 5.82 Å². The molecular formula is C11H13FN2O2S. The second-order valence-electron chi connectivity index (χ2n) is 4.01. The molecule has 0 radical (unpaired) electrons. The minimum Gasteiger partial charge on any atom is -0.398 e. The molecule has 4 nitrogen and oxygen atoms in total. The molecule has 17 heavy (non-hydrogen) atoms. The number of hydrogen-bond acceptors (Lipinski definition) is 3. The quantitative estimate of drug-likeness (QED) is 0.782. The van der Waals surface area contributed by atoms with Crippen molar-refractivity contribution in [2.75, 3.05) is 11.5 Å². The molecule has 2 rings (SSSR count). The predicted octanol–water partition coefficient (Wildman–Crippen LogP) is 0.794. The summed E-state index contributed by atoms with van der Waals surface area (Å²) in [5, 5.41) is 2.74. The van der Waals surface area contributed by atoms with Crippen molar-refractivity contribution in [1.29, 1.82) is 0 Å². The van der Waals surface area contributed by atoms with Gasteiger partial charge in [-0.3, -0.25) is 9.00 Å². The summed E-state index contributed by atoms with van der Waals surface area (Å²) in [7, 11) is -1.53. The highest BCUT2D eigenvalue weighted by Crippen LogP contribution is 2.20. The molecule has 1 unspecified atom stereocenters. The number of carbonyl (C=O) groups excluding carboxylic acids is 1. The normalized spacial score (nSPS) is 16.5. The Hall–Kier alpha value is -1.43. The maximum Gasteiger partial charge on any atom is 0.233 e. The number of amides is 1. The van der Waals surface area contributed by atoms with Gasteiger partial charge in [0.25, 0.3) is 0 Å². The summed E-state index contributed by atoms with van der Waals surface area (Å²) in [5.41, 5.74) is 5.66. The lowest BCUT2D eigenvalue weighted by atomic mass is 10.3. The molecule has 1 fully saturated rings. The molecular weight excluding hydrogens is 243 g/mol. The largest absolute Gasteiger partial charge is 0.398 e. The van der Waals surface area contributed by atoms with Crippen LogP contribution in [0.1, 0.15) is 12.8 Å². The monoisotopic (exact) mass is 256 g/mol. The van der Waals surface area contributed by atoms with Gasteiger partial charge < -0.3 is 11.1 Å². The summed E-state index contributed by atoms with van der Waals surface area (Å²) < 4.78 is 24.6. The zero-order chi connectivity index (χ0) is 12.4. The molecule has 6 heteroatoms. The number of nitrogen functional groups attached to an aromatic ring is 1. The molecule has 1 amide bonds. The average molecular weight is 256 g/mol. The van der Waals surface area contributed by atoms with Crippen LogP contribution in [0.5, 0.6) is 0 Å². The van der Waals surface area contributed by atoms with Gasteiger partial charge in [-0.25, -0.2) is 4.39 Å². The van der Waals surface area contributed by atoms with Crippen LogP contribution in [0.15, 0.2) is 23.1 Å². The van der Waals surface area contributed by atoms with Crippen LogP contribution in [0.4, 0.5) is 10.1 Å². The third kappa shape index (κ3) is 3.26. The van der Waals surface area contributed by atoms with E-state index in [0.717, 1.165) is 18.9 Å². The van der Waals surface area contributed by atoms with E-state index in [0.29, 0.717) is 4.90 Å². The van der Waals surface area contributed by atoms with Gasteiger partial charge in [-0.1, -0.05) is 0 Å². The Morgan fingerprint density at radius 2 is 2.24 bits per heavy atom. The third-order valence-electron chi connectivity index (χ3n) is 2.42. The van der Waals surface area contributed by atoms with Crippen LogP contribution in [-0.4, -0.2) is 21.9 Å². The fraction of sp³-hybridized carbons (Fsp3) is 0.364. The van der Waals surface area contributed by atoms with Crippen molar-refractivity contribution in [3.63, 3.8) is 0 Å². The van der Waals surface area contributed by atoms with Crippen molar-refractivity contribution in [3.05, 3.63) is 24.0 Å². The van der Waals surface area contributed by atoms with E-state index in [-0.39, 0.29) is 23.4 Å². The molecule has 1 aromatic rings. The van der Waals surface area contributed by atoms with Crippen molar-refractivity contribution in [3.8, 4) is 0 Å². The summed E-state index contributed by atoms with van der Waals surface area (Å²) in [6.07, 6.45) is 1.97. The molecule has 1 aliphatic carbocycles. The van der Waals surface area contributed by atoms with Gasteiger partial charge in [-0.05, 0) is 31.0 Å². The number of hydrogen-bond donors (Lipinski definition) is 2. The number of nitrogens with one attached hydrogen (secondary N) is 1. The van der Waals surface area contributed by atoms with Gasteiger partial charge in [0, 0.05) is 6.04 Å². The molecule has 0 saturated heterocycles. The number of benzene rings is 1. The number of carbonyl (C=O) groups is 1. The van der Waals surface area contributed by atoms with Gasteiger partial charge in [-0.15, -0.1) is 0 Å². The first-order valence-corrected chi connectivity index (χ1v) is 6.61. The van der Waals surface area contributed by atoms with Gasteiger partial charge >= 0.3 is 0 Å². The van der Waals surface area contributed by atoms with Crippen LogP contribution in [0.3, 0.4) is 0 Å². The molecule has 3 N–H and O–H groups in total. The van der Waals surface area contributed by atoms with Crippen molar-refractivity contribution >= 4 is 22.4 Å². The first-order chi connectivity index (χ1) is 8.06. The van der Waals surface area contributed by atoms with E-state index in [9.17, 15) is 13.4 Å². The van der Waals surface area contributed by atoms with Crippen LogP contribution < -0.4 is 11.1 Å². The average Bonchev–Trinajstić information content (AvgIpc) is 3.00. The van der Waals surface area contributed by atoms with Gasteiger partial charge in [0.05, 0.1) is 21.4 Å². The van der Waals surface area contributed by atoms with Crippen LogP contribution in [0.25, 0.3) is 0 Å². The summed E-state index contributed by atoms with van der Waals surface area (Å²) in [4.78, 5) is 11.7. The fourth-order valence-corrected chi connectivity index (χ4v) is 2.44. The van der Waals surface area contributed by atoms with Gasteiger partial charge in [-0.2, -0.15) is 0 Å². The Bertz CT molecular complexity index is 475. The molecule has 0 heterocycles. The molecule has 0 bridgehead atoms. The molecule has 1 atom stereocenters. The molecule has 0 spiro atoms. The standard InChI is InChI=1S/C11H13FN2O2S/c12-7-1-4-10(9(13)5-7)17(16)6-11(15)14-8-2-3-8/h1,4-5,8H,2-3,6,13H2,(H,14,15). The van der Waals surface area contributed by atoms with Gasteiger partial charge in [0.1, 0.15) is 11.6 Å². The van der Waals surface area contributed by atoms with E-state index in [4.69, 9.17) is 5.73 Å². The highest BCUT2D eigenvalue weighted by atomic mass is 32.2. The SMILES string of the molecule is Nc1cc(F)ccc1S(=O)CC(=O)NC1CC1. The number of anilines is 1. The molecule has 1 aromatic carbocycles. The second kappa shape index (κ2) is 4.83. The van der Waals surface area contributed by atoms with Crippen molar-refractivity contribution in [2.24, 2.45) is 0 Å². The maximum atomic E-state index is 12.8. The van der Waals surface area contributed by atoms with E-state index in [1.807, 2.05) is 0 Å². The lowest BCUT2D eigenvalue weighted by Crippen LogP contribution is -2.30. The Balaban J connectivity index is 2.00. The Labute approximate surface area is 101 Å². The van der Waals surface area contributed by atoms with Crippen molar-refractivity contribution in [2.45, 2.75) is 23.8 Å². The molecule has 0 aliphatic heterocycles. The van der Waals surface area contributed by atoms with Crippen LogP contribution >= 0.6 is 0 Å². The minimum absolute atomic E-state index is 0.113. The summed E-state index contributed by atoms with van der Waals surface area (Å²) in [6, 6.07) is 3.88. The zero-order valence-electron chi connectivity index (χ0n) is 9.11. The van der Waals surface area contributed by atoms with E-state index >= 15 is 0 Å². The predicted molar refractivity (Wildman–Crippen MR) is 63.3 cm³/mol. The topological polar surface area (TPSA) is 72.2 Å². The fourth-order valence-electron chi connectivity index (χ4n) is 1.42. The number of halogens is 1. The van der Waals surface area contributed by atoms with Gasteiger partial charge in [0.15, 0.2) is 0 Å². The highest BCUT2D eigenvalue weighted by molar-refractivity contribution is 7.86. The third-order valence-corrected chi connectivity index (χ3v) is 3.81. The number of rotatable bonds is 4. The Kier molecular flexibility index (Phi) is 3.42. The Morgan fingerprint density at radius 1 is 1.53 bits per heavy atom. The summed E-state index contributed by atoms with van der Waals surface area (Å²) >= 11 is 0. The number of nitrogens with two attached hydrogens (primary N) is 1. The van der Waals surface area contributed by atoms with Crippen molar-refractivity contribution in [1.82, 2.24) is 5.32 Å². The summed E-state index contributed by atoms with van der Waals surface area (Å²) in [5.74, 6) is -0.868. The van der Waals surface area contributed by atoms with Crippen LogP contribution in [-0.2, 0) is 15.6 Å². The molecule has 0 aromatic heterocycles. The second-order valence-corrected chi connectivity index (χ2v) is 5.43. The first kappa shape index (κ1) is 12.0. The van der Waals surface area contributed by atoms with Gasteiger partial charge in [0.2, 0.25) is 5.91 Å². The minimum atomic E-state index is -1.53. The molecule has 1 aliphatic rings. The smallest absolute Gasteiger partial charge is 0.233 e. The molecule has 92 valence electrons. The highest BCUT2D eigenvalue weighted by Gasteiger charge is 2.24. The first-order valence-electron chi connectivity index (χ1n) is 5.29. The van der Waals surface area contributed by atoms with Crippen LogP contribution in [0.2, 0.25) is 0 Å². The summed E-state index contributed by atoms with van der Waals surface area (Å²) in [6.45, 7) is 0. The van der Waals surface area contributed by atoms with Crippen molar-refractivity contribution < 1.29 is 13.4 Å². The van der Waals surface area contributed by atoms with E-state index in [2.05, 4.69) is 5.32 Å². The molecule has 1 saturated carbocycles. The zero-order valence-corrected chi connectivity index (χ0v) is 9.93. The Morgan fingerprint density at radius 3 is 2.82 bits per heavy atom. The van der Waals surface area contributed by atoms with E-state index in [1.165, 1.54) is 12.1 Å². The van der Waals surface area contributed by atoms with E-state index in [1.54, 1.807) is 0 Å².